The van der Waals surface area contributed by atoms with Gasteiger partial charge in [-0.3, -0.25) is 0 Å². The third-order valence-electron chi connectivity index (χ3n) is 3.54. The lowest BCUT2D eigenvalue weighted by molar-refractivity contribution is 0.407. The van der Waals surface area contributed by atoms with Crippen LogP contribution in [0.15, 0.2) is 48.7 Å². The molecule has 3 rings (SSSR count). The molecule has 108 valence electrons. The van der Waals surface area contributed by atoms with Gasteiger partial charge in [-0.15, -0.1) is 0 Å². The zero-order chi connectivity index (χ0) is 14.7. The summed E-state index contributed by atoms with van der Waals surface area (Å²) < 4.78 is 5.35. The van der Waals surface area contributed by atoms with E-state index in [1.54, 1.807) is 7.11 Å². The largest absolute Gasteiger partial charge is 0.496 e. The van der Waals surface area contributed by atoms with E-state index >= 15 is 0 Å². The van der Waals surface area contributed by atoms with E-state index in [1.807, 2.05) is 24.4 Å². The highest BCUT2D eigenvalue weighted by atomic mass is 35.5. The number of fused-ring (bicyclic) bond motifs is 1. The summed E-state index contributed by atoms with van der Waals surface area (Å²) in [5.41, 5.74) is 3.39. The summed E-state index contributed by atoms with van der Waals surface area (Å²) in [5, 5.41) is 5.37. The van der Waals surface area contributed by atoms with Crippen molar-refractivity contribution in [1.82, 2.24) is 10.3 Å². The molecule has 0 amide bonds. The lowest BCUT2D eigenvalue weighted by Gasteiger charge is -2.11. The second-order valence-electron chi connectivity index (χ2n) is 4.92. The third-order valence-corrected chi connectivity index (χ3v) is 3.90. The fraction of sp³-hybridized carbons (Fsp3) is 0.176. The first-order valence-corrected chi connectivity index (χ1v) is 7.24. The smallest absolute Gasteiger partial charge is 0.124 e. The summed E-state index contributed by atoms with van der Waals surface area (Å²) in [6.45, 7) is 1.46. The lowest BCUT2D eigenvalue weighted by atomic mass is 10.1. The van der Waals surface area contributed by atoms with Crippen LogP contribution >= 0.6 is 11.6 Å². The van der Waals surface area contributed by atoms with E-state index in [0.29, 0.717) is 6.54 Å². The quantitative estimate of drug-likeness (QED) is 0.744. The number of ether oxygens (including phenoxy) is 1. The maximum atomic E-state index is 6.23. The van der Waals surface area contributed by atoms with Crippen LogP contribution in [0.3, 0.4) is 0 Å². The van der Waals surface area contributed by atoms with E-state index in [4.69, 9.17) is 16.3 Å². The molecule has 21 heavy (non-hydrogen) atoms. The van der Waals surface area contributed by atoms with Crippen LogP contribution in [0.2, 0.25) is 5.02 Å². The molecule has 1 heterocycles. The van der Waals surface area contributed by atoms with Crippen LogP contribution < -0.4 is 10.1 Å². The van der Waals surface area contributed by atoms with Crippen molar-refractivity contribution >= 4 is 22.5 Å². The number of rotatable bonds is 5. The molecule has 0 aliphatic carbocycles. The second-order valence-corrected chi connectivity index (χ2v) is 5.33. The second kappa shape index (κ2) is 6.20. The first-order chi connectivity index (χ1) is 10.3. The molecule has 4 heteroatoms. The van der Waals surface area contributed by atoms with Crippen molar-refractivity contribution in [2.45, 2.75) is 13.1 Å². The molecule has 2 N–H and O–H groups in total. The summed E-state index contributed by atoms with van der Waals surface area (Å²) in [6, 6.07) is 14.2. The zero-order valence-corrected chi connectivity index (χ0v) is 12.6. The average molecular weight is 301 g/mol. The number of methoxy groups -OCH3 is 1. The Balaban J connectivity index is 1.68. The number of aromatic nitrogens is 1. The minimum atomic E-state index is 0.675. The van der Waals surface area contributed by atoms with Gasteiger partial charge < -0.3 is 15.0 Å². The number of H-pyrrole nitrogens is 1. The van der Waals surface area contributed by atoms with E-state index < -0.39 is 0 Å². The van der Waals surface area contributed by atoms with Gasteiger partial charge in [0.1, 0.15) is 5.75 Å². The summed E-state index contributed by atoms with van der Waals surface area (Å²) in [5.74, 6) is 0.816. The number of hydrogen-bond donors (Lipinski definition) is 2. The number of nitrogens with one attached hydrogen (secondary N) is 2. The van der Waals surface area contributed by atoms with Gasteiger partial charge in [-0.2, -0.15) is 0 Å². The van der Waals surface area contributed by atoms with E-state index in [-0.39, 0.29) is 0 Å². The zero-order valence-electron chi connectivity index (χ0n) is 11.8. The molecule has 0 aliphatic rings. The maximum Gasteiger partial charge on any atom is 0.124 e. The van der Waals surface area contributed by atoms with Crippen LogP contribution in [0, 0.1) is 0 Å². The predicted molar refractivity (Wildman–Crippen MR) is 86.8 cm³/mol. The highest BCUT2D eigenvalue weighted by Gasteiger charge is 2.07. The van der Waals surface area contributed by atoms with Crippen molar-refractivity contribution in [3.8, 4) is 5.75 Å². The van der Waals surface area contributed by atoms with Gasteiger partial charge in [-0.25, -0.2) is 0 Å². The van der Waals surface area contributed by atoms with Crippen LogP contribution in [0.4, 0.5) is 0 Å². The Morgan fingerprint density at radius 2 is 2.05 bits per heavy atom. The van der Waals surface area contributed by atoms with Gasteiger partial charge in [0.25, 0.3) is 0 Å². The van der Waals surface area contributed by atoms with Crippen LogP contribution in [-0.4, -0.2) is 12.1 Å². The minimum Gasteiger partial charge on any atom is -0.496 e. The maximum absolute atomic E-state index is 6.23. The molecule has 0 fully saturated rings. The number of halogens is 1. The first kappa shape index (κ1) is 14.0. The van der Waals surface area contributed by atoms with Crippen molar-refractivity contribution in [3.05, 3.63) is 64.8 Å². The van der Waals surface area contributed by atoms with Crippen molar-refractivity contribution in [1.29, 1.82) is 0 Å². The Morgan fingerprint density at radius 1 is 1.14 bits per heavy atom. The van der Waals surface area contributed by atoms with Gasteiger partial charge in [0.2, 0.25) is 0 Å². The highest BCUT2D eigenvalue weighted by Crippen LogP contribution is 2.26. The molecular weight excluding hydrogens is 284 g/mol. The standard InChI is InChI=1S/C17H17ClN2O/c1-21-17-4-2-3-15(18)14(17)11-19-10-12-5-6-16-13(9-12)7-8-20-16/h2-9,19-20H,10-11H2,1H3. The molecule has 0 radical (unpaired) electrons. The fourth-order valence-corrected chi connectivity index (χ4v) is 2.68. The van der Waals surface area contributed by atoms with E-state index in [2.05, 4.69) is 34.6 Å². The summed E-state index contributed by atoms with van der Waals surface area (Å²) in [4.78, 5) is 3.20. The first-order valence-electron chi connectivity index (χ1n) is 6.86. The molecule has 0 saturated carbocycles. The highest BCUT2D eigenvalue weighted by molar-refractivity contribution is 6.31. The lowest BCUT2D eigenvalue weighted by Crippen LogP contribution is -2.13. The monoisotopic (exact) mass is 300 g/mol. The predicted octanol–water partition coefficient (Wildman–Crippen LogP) is 4.12. The van der Waals surface area contributed by atoms with Gasteiger partial charge in [0, 0.05) is 35.4 Å². The SMILES string of the molecule is COc1cccc(Cl)c1CNCc1ccc2[nH]ccc2c1. The van der Waals surface area contributed by atoms with Crippen LogP contribution in [-0.2, 0) is 13.1 Å². The average Bonchev–Trinajstić information content (AvgIpc) is 2.96. The Labute approximate surface area is 128 Å². The molecule has 0 unspecified atom stereocenters. The molecule has 3 nitrogen and oxygen atoms in total. The molecule has 3 aromatic rings. The van der Waals surface area contributed by atoms with Crippen LogP contribution in [0.25, 0.3) is 10.9 Å². The van der Waals surface area contributed by atoms with E-state index in [0.717, 1.165) is 28.4 Å². The Hall–Kier alpha value is -1.97. The molecule has 0 aliphatic heterocycles. The summed E-state index contributed by atoms with van der Waals surface area (Å²) in [7, 11) is 1.66. The van der Waals surface area contributed by atoms with Crippen molar-refractivity contribution in [3.63, 3.8) is 0 Å². The third kappa shape index (κ3) is 3.04. The van der Waals surface area contributed by atoms with E-state index in [9.17, 15) is 0 Å². The van der Waals surface area contributed by atoms with Gasteiger partial charge in [0.05, 0.1) is 7.11 Å². The van der Waals surface area contributed by atoms with Crippen molar-refractivity contribution < 1.29 is 4.74 Å². The summed E-state index contributed by atoms with van der Waals surface area (Å²) in [6.07, 6.45) is 1.95. The number of hydrogen-bond acceptors (Lipinski definition) is 2. The number of aromatic amines is 1. The molecule has 0 atom stereocenters. The minimum absolute atomic E-state index is 0.675. The summed E-state index contributed by atoms with van der Waals surface area (Å²) >= 11 is 6.23. The molecule has 0 bridgehead atoms. The molecule has 1 aromatic heterocycles. The van der Waals surface area contributed by atoms with Crippen molar-refractivity contribution in [2.24, 2.45) is 0 Å². The van der Waals surface area contributed by atoms with Gasteiger partial charge in [-0.05, 0) is 41.3 Å². The van der Waals surface area contributed by atoms with Gasteiger partial charge >= 0.3 is 0 Å². The van der Waals surface area contributed by atoms with E-state index in [1.165, 1.54) is 10.9 Å². The molecule has 0 saturated heterocycles. The van der Waals surface area contributed by atoms with Crippen molar-refractivity contribution in [2.75, 3.05) is 7.11 Å². The fourth-order valence-electron chi connectivity index (χ4n) is 2.45. The normalized spacial score (nSPS) is 11.0. The Morgan fingerprint density at radius 3 is 2.90 bits per heavy atom. The van der Waals surface area contributed by atoms with Crippen LogP contribution in [0.5, 0.6) is 5.75 Å². The molecular formula is C17H17ClN2O. The topological polar surface area (TPSA) is 37.0 Å². The molecule has 0 spiro atoms. The van der Waals surface area contributed by atoms with Gasteiger partial charge in [0.15, 0.2) is 0 Å². The Bertz CT molecular complexity index is 751. The van der Waals surface area contributed by atoms with Gasteiger partial charge in [-0.1, -0.05) is 23.7 Å². The van der Waals surface area contributed by atoms with Crippen LogP contribution in [0.1, 0.15) is 11.1 Å². The number of benzene rings is 2. The molecule has 2 aromatic carbocycles. The Kier molecular flexibility index (Phi) is 4.13.